The first kappa shape index (κ1) is 89.5. The van der Waals surface area contributed by atoms with Crippen LogP contribution in [-0.2, 0) is 110 Å². The van der Waals surface area contributed by atoms with E-state index in [9.17, 15) is 97.6 Å². The van der Waals surface area contributed by atoms with Gasteiger partial charge < -0.3 is 135 Å². The fraction of sp³-hybridized carbons (Fsp3) is 0.968. The van der Waals surface area contributed by atoms with Crippen LogP contribution in [0.5, 0.6) is 0 Å². The summed E-state index contributed by atoms with van der Waals surface area (Å²) in [5.74, 6) is -3.65. The normalized spacial score (nSPS) is 40.2. The van der Waals surface area contributed by atoms with Gasteiger partial charge in [-0.15, -0.1) is 0 Å². The molecule has 5 rings (SSSR count). The number of aliphatic hydroxyl groups excluding tert-OH is 6. The zero-order chi connectivity index (χ0) is 55.7. The second kappa shape index (κ2) is 37.9. The number of hydroxylamine groups is 1. The maximum absolute atomic E-state index is 12.5. The van der Waals surface area contributed by atoms with Crippen LogP contribution in [0.2, 0.25) is 0 Å². The molecule has 0 aromatic rings. The fourth-order valence-electron chi connectivity index (χ4n) is 8.11. The minimum absolute atomic E-state index is 0. The molecule has 40 nitrogen and oxygen atoms in total. The molecule has 0 radical (unpaired) electrons. The predicted octanol–water partition coefficient (Wildman–Crippen LogP) is -29.9. The van der Waals surface area contributed by atoms with Crippen LogP contribution in [0.1, 0.15) is 6.92 Å². The van der Waals surface area contributed by atoms with Crippen molar-refractivity contribution in [3.05, 3.63) is 5.21 Å². The van der Waals surface area contributed by atoms with E-state index in [2.05, 4.69) is 16.7 Å². The van der Waals surface area contributed by atoms with Gasteiger partial charge in [-0.3, -0.25) is 21.5 Å². The van der Waals surface area contributed by atoms with Crippen LogP contribution in [0.3, 0.4) is 0 Å². The number of aliphatic hydroxyl groups is 6. The number of nitrogens with two attached hydrogens (primary N) is 4. The van der Waals surface area contributed by atoms with E-state index in [1.165, 1.54) is 6.92 Å². The zero-order valence-electron chi connectivity index (χ0n) is 43.7. The maximum Gasteiger partial charge on any atom is 2.00 e. The molecule has 0 aromatic heterocycles. The van der Waals surface area contributed by atoms with Crippen molar-refractivity contribution >= 4 is 85.3 Å². The summed E-state index contributed by atoms with van der Waals surface area (Å²) >= 11 is 0. The largest absolute Gasteiger partial charge is 2.00 e. The average Bonchev–Trinajstić information content (AvgIpc) is 3.29. The van der Waals surface area contributed by atoms with Gasteiger partial charge in [-0.05, 0) is 0 Å². The van der Waals surface area contributed by atoms with Crippen LogP contribution in [0, 0.1) is 11.1 Å². The van der Waals surface area contributed by atoms with E-state index in [4.69, 9.17) is 64.6 Å². The number of quaternary nitrogens is 1. The van der Waals surface area contributed by atoms with E-state index in [0.717, 1.165) is 7.11 Å². The van der Waals surface area contributed by atoms with Crippen LogP contribution in [-0.4, -0.2) is 306 Å². The minimum Gasteiger partial charge on any atom is -0.870 e. The molecule has 5 fully saturated rings. The molecule has 81 heavy (non-hydrogen) atoms. The number of aliphatic carboxylic acids is 1. The molecule has 50 heteroatoms. The third-order valence-corrected chi connectivity index (χ3v) is 13.5. The van der Waals surface area contributed by atoms with Crippen molar-refractivity contribution in [1.29, 1.82) is 0 Å². The number of methoxy groups -OCH3 is 1. The Morgan fingerprint density at radius 2 is 0.926 bits per heavy atom. The van der Waals surface area contributed by atoms with Gasteiger partial charge in [0.05, 0.1) is 50.0 Å². The Bertz CT molecular complexity index is 2360. The van der Waals surface area contributed by atoms with Crippen molar-refractivity contribution < 1.29 is 315 Å². The second-order valence-electron chi connectivity index (χ2n) is 16.7. The van der Waals surface area contributed by atoms with E-state index in [-0.39, 0.29) is 196 Å². The Hall–Kier alpha value is 4.33. The summed E-state index contributed by atoms with van der Waals surface area (Å²) in [5, 5.41) is 90.5. The number of ether oxygens (including phenoxy) is 10. The smallest absolute Gasteiger partial charge is 0.870 e. The van der Waals surface area contributed by atoms with Crippen LogP contribution >= 0.6 is 0 Å². The van der Waals surface area contributed by atoms with E-state index < -0.39 is 221 Å². The SMILES string of the molecule is CO[C@H]1OC(COS(=O)(=O)[O-])[C@@H](O[C@@H]2O[C@@H]([NH2+][O-])[C@@H](O[C@H]3OC(COS(=O)(=O)[O-])[C@@H](O[C@@H]4OC(C(=O)[O-])[C@@H](O[C@H]5OC(COS(=O)(=O)[O-])[C@@H](O)[C@H](O)C5N)[C@H](O)C4O)[C@H](C)C3N)C(O)C2OS(=O)(=O)[O-])[C@H](O)C1N.[Ca+2].[Na+].[Na+].[Na+].[Na+].[Na+].[OH-]. The molecule has 5 aliphatic heterocycles. The van der Waals surface area contributed by atoms with E-state index in [1.807, 2.05) is 0 Å². The van der Waals surface area contributed by atoms with Gasteiger partial charge in [-0.2, -0.15) is 0 Å². The summed E-state index contributed by atoms with van der Waals surface area (Å²) in [5.41, 5.74) is 18.0. The fourth-order valence-corrected chi connectivity index (χ4v) is 9.49. The molecule has 0 saturated carbocycles. The molecule has 0 bridgehead atoms. The molecule has 5 saturated heterocycles. The topological polar surface area (TPSA) is 667 Å². The summed E-state index contributed by atoms with van der Waals surface area (Å²) in [6.07, 6.45) is -45.9. The van der Waals surface area contributed by atoms with Crippen LogP contribution < -0.4 is 176 Å². The number of hydrogen-bond acceptors (Lipinski definition) is 39. The van der Waals surface area contributed by atoms with Gasteiger partial charge in [0.2, 0.25) is 47.8 Å². The molecule has 442 valence electrons. The molecular formula is C31H52CaN4Na5O36S4+. The zero-order valence-corrected chi connectivity index (χ0v) is 59.1. The molecule has 0 spiro atoms. The van der Waals surface area contributed by atoms with Crippen molar-refractivity contribution in [2.45, 2.75) is 154 Å². The van der Waals surface area contributed by atoms with E-state index >= 15 is 0 Å². The van der Waals surface area contributed by atoms with Gasteiger partial charge in [0.25, 0.3) is 0 Å². The Balaban J connectivity index is -0.00000869. The van der Waals surface area contributed by atoms with Crippen molar-refractivity contribution in [3.63, 3.8) is 0 Å². The maximum atomic E-state index is 12.5. The van der Waals surface area contributed by atoms with Gasteiger partial charge >= 0.3 is 186 Å². The first-order valence-corrected chi connectivity index (χ1v) is 26.3. The monoisotopic (exact) mass is 1340 g/mol. The average molecular weight is 1340 g/mol. The molecule has 25 atom stereocenters. The van der Waals surface area contributed by atoms with Gasteiger partial charge in [-0.1, -0.05) is 6.92 Å². The molecule has 15 N–H and O–H groups in total. The molecule has 5 heterocycles. The van der Waals surface area contributed by atoms with E-state index in [1.54, 1.807) is 0 Å². The van der Waals surface area contributed by atoms with Crippen molar-refractivity contribution in [1.82, 2.24) is 0 Å². The third-order valence-electron chi connectivity index (χ3n) is 11.8. The molecule has 0 aromatic carbocycles. The summed E-state index contributed by atoms with van der Waals surface area (Å²) in [4.78, 5) is 12.4. The Labute approximate surface area is 601 Å². The first-order chi connectivity index (χ1) is 34.1. The number of carboxylic acid groups (broad SMARTS) is 1. The Morgan fingerprint density at radius 3 is 1.40 bits per heavy atom. The number of carbonyl (C=O) groups excluding carboxylic acids is 1. The van der Waals surface area contributed by atoms with Gasteiger partial charge in [-0.25, -0.2) is 33.7 Å². The molecule has 10 unspecified atom stereocenters. The van der Waals surface area contributed by atoms with Crippen LogP contribution in [0.25, 0.3) is 0 Å². The molecule has 0 aliphatic carbocycles. The first-order valence-electron chi connectivity index (χ1n) is 20.9. The van der Waals surface area contributed by atoms with Crippen LogP contribution in [0.4, 0.5) is 0 Å². The minimum atomic E-state index is -5.94. The summed E-state index contributed by atoms with van der Waals surface area (Å²) in [6, 6.07) is -5.13. The van der Waals surface area contributed by atoms with Crippen molar-refractivity contribution in [2.75, 3.05) is 26.9 Å². The predicted molar refractivity (Wildman–Crippen MR) is 218 cm³/mol. The van der Waals surface area contributed by atoms with Crippen molar-refractivity contribution in [3.8, 4) is 0 Å². The summed E-state index contributed by atoms with van der Waals surface area (Å²) in [6.45, 7) is -2.69. The van der Waals surface area contributed by atoms with Gasteiger partial charge in [0, 0.05) is 13.0 Å². The van der Waals surface area contributed by atoms with E-state index in [0.29, 0.717) is 0 Å². The number of rotatable bonds is 22. The molecule has 0 amide bonds. The summed E-state index contributed by atoms with van der Waals surface area (Å²) < 4.78 is 209. The Morgan fingerprint density at radius 1 is 0.506 bits per heavy atom. The van der Waals surface area contributed by atoms with Gasteiger partial charge in [0.15, 0.2) is 43.7 Å². The molecular weight excluding hydrogens is 1290 g/mol. The molecule has 5 aliphatic rings. The number of carbonyl (C=O) groups is 1. The standard InChI is InChI=1S/C31H56N4O35S4.Ca.5Na.H2O/c1-6-10(32)28(67-22-18(41)23(70-74(54,55)56)31(69-25(22)35-44)65-20-9(5-60-73(51,52)53)62-27(57-2)12(34)15(20)38)63-8(4-59-72(48,49)50)19(6)64-30-17(40)16(39)21(24(68-30)26(42)43)66-29-11(33)14(37)13(36)7(61-29)3-58-71(45,46)47;;;;;;;/h6-25,27-31,36-41H,3-5,32-35H2,1-2H3,(H,42,43)(H,45,46,47)(H,48,49,50)(H,51,52,53)(H,54,55,56);;;;;;;1H2/q;+2;5*+1;/p-6/t6-,7?,8?,9?,10?,11?,12?,13-,14-,15-,16-,17?,18?,19+,20-,21+,22+,23?,24?,25-,27+,28-,29-,30-,31-;;;;;;;/m1......./s1. The number of carboxylic acids is 1. The van der Waals surface area contributed by atoms with Crippen molar-refractivity contribution in [2.24, 2.45) is 23.1 Å². The Kier molecular flexibility index (Phi) is 41.9. The van der Waals surface area contributed by atoms with Crippen LogP contribution in [0.15, 0.2) is 0 Å². The summed E-state index contributed by atoms with van der Waals surface area (Å²) in [7, 11) is -21.4. The second-order valence-corrected chi connectivity index (χ2v) is 20.9. The number of hydrogen-bond donors (Lipinski definition) is 10. The quantitative estimate of drug-likeness (QED) is 0.0208. The third kappa shape index (κ3) is 25.0. The van der Waals surface area contributed by atoms with Gasteiger partial charge in [0.1, 0.15) is 73.2 Å².